The van der Waals surface area contributed by atoms with Gasteiger partial charge in [-0.05, 0) is 38.9 Å². The molecule has 5 nitrogen and oxygen atoms in total. The SMILES string of the molecule is CN(C)CCc1noc(CC2(CN)CCC2)n1. The van der Waals surface area contributed by atoms with Gasteiger partial charge in [0.25, 0.3) is 0 Å². The molecule has 1 aliphatic carbocycles. The highest BCUT2D eigenvalue weighted by Gasteiger charge is 2.37. The maximum atomic E-state index is 5.83. The number of nitrogens with zero attached hydrogens (tertiary/aromatic N) is 3. The summed E-state index contributed by atoms with van der Waals surface area (Å²) in [7, 11) is 4.08. The normalized spacial score (nSPS) is 18.4. The van der Waals surface area contributed by atoms with Gasteiger partial charge in [0, 0.05) is 19.4 Å². The first-order valence-electron chi connectivity index (χ1n) is 6.30. The molecule has 0 radical (unpaired) electrons. The second kappa shape index (κ2) is 5.14. The quantitative estimate of drug-likeness (QED) is 0.795. The smallest absolute Gasteiger partial charge is 0.227 e. The summed E-state index contributed by atoms with van der Waals surface area (Å²) < 4.78 is 5.29. The predicted octanol–water partition coefficient (Wildman–Crippen LogP) is 0.845. The summed E-state index contributed by atoms with van der Waals surface area (Å²) in [6.07, 6.45) is 5.35. The fourth-order valence-electron chi connectivity index (χ4n) is 2.24. The van der Waals surface area contributed by atoms with Gasteiger partial charge in [0.05, 0.1) is 0 Å². The van der Waals surface area contributed by atoms with Crippen LogP contribution in [0.4, 0.5) is 0 Å². The summed E-state index contributed by atoms with van der Waals surface area (Å²) in [5.41, 5.74) is 6.07. The molecule has 0 bridgehead atoms. The van der Waals surface area contributed by atoms with E-state index in [1.165, 1.54) is 19.3 Å². The number of hydrogen-bond donors (Lipinski definition) is 1. The molecule has 1 aromatic rings. The second-order valence-corrected chi connectivity index (χ2v) is 5.39. The zero-order valence-corrected chi connectivity index (χ0v) is 10.8. The number of aromatic nitrogens is 2. The zero-order chi connectivity index (χ0) is 12.3. The summed E-state index contributed by atoms with van der Waals surface area (Å²) >= 11 is 0. The van der Waals surface area contributed by atoms with Crippen molar-refractivity contribution in [1.82, 2.24) is 15.0 Å². The Balaban J connectivity index is 1.89. The Morgan fingerprint density at radius 3 is 2.71 bits per heavy atom. The molecule has 1 aromatic heterocycles. The van der Waals surface area contributed by atoms with Crippen LogP contribution in [0.25, 0.3) is 0 Å². The van der Waals surface area contributed by atoms with E-state index in [0.29, 0.717) is 0 Å². The first-order chi connectivity index (χ1) is 8.13. The van der Waals surface area contributed by atoms with E-state index in [0.717, 1.165) is 37.6 Å². The van der Waals surface area contributed by atoms with Crippen molar-refractivity contribution >= 4 is 0 Å². The van der Waals surface area contributed by atoms with E-state index < -0.39 is 0 Å². The third-order valence-corrected chi connectivity index (χ3v) is 3.67. The predicted molar refractivity (Wildman–Crippen MR) is 65.6 cm³/mol. The molecule has 0 aliphatic heterocycles. The number of nitrogens with two attached hydrogens (primary N) is 1. The third kappa shape index (κ3) is 3.04. The van der Waals surface area contributed by atoms with Crippen LogP contribution in [0.1, 0.15) is 31.0 Å². The van der Waals surface area contributed by atoms with Crippen molar-refractivity contribution in [1.29, 1.82) is 0 Å². The van der Waals surface area contributed by atoms with E-state index in [-0.39, 0.29) is 5.41 Å². The molecule has 1 heterocycles. The summed E-state index contributed by atoms with van der Waals surface area (Å²) in [6, 6.07) is 0. The molecule has 0 saturated heterocycles. The Kier molecular flexibility index (Phi) is 3.79. The number of likely N-dealkylation sites (N-methyl/N-ethyl adjacent to an activating group) is 1. The summed E-state index contributed by atoms with van der Waals surface area (Å²) in [5, 5.41) is 4.01. The van der Waals surface area contributed by atoms with E-state index in [9.17, 15) is 0 Å². The second-order valence-electron chi connectivity index (χ2n) is 5.39. The van der Waals surface area contributed by atoms with E-state index in [1.807, 2.05) is 14.1 Å². The maximum Gasteiger partial charge on any atom is 0.227 e. The van der Waals surface area contributed by atoms with Crippen LogP contribution in [-0.2, 0) is 12.8 Å². The van der Waals surface area contributed by atoms with E-state index >= 15 is 0 Å². The highest BCUT2D eigenvalue weighted by atomic mass is 16.5. The molecule has 2 N–H and O–H groups in total. The van der Waals surface area contributed by atoms with Gasteiger partial charge in [0.1, 0.15) is 0 Å². The Hall–Kier alpha value is -0.940. The lowest BCUT2D eigenvalue weighted by Crippen LogP contribution is -2.39. The van der Waals surface area contributed by atoms with Gasteiger partial charge < -0.3 is 15.2 Å². The van der Waals surface area contributed by atoms with Crippen LogP contribution < -0.4 is 5.73 Å². The molecule has 0 atom stereocenters. The lowest BCUT2D eigenvalue weighted by atomic mass is 9.67. The molecule has 96 valence electrons. The molecule has 17 heavy (non-hydrogen) atoms. The van der Waals surface area contributed by atoms with Gasteiger partial charge in [-0.25, -0.2) is 0 Å². The Bertz CT molecular complexity index is 352. The molecule has 2 rings (SSSR count). The molecule has 1 saturated carbocycles. The first-order valence-corrected chi connectivity index (χ1v) is 6.30. The van der Waals surface area contributed by atoms with Crippen LogP contribution in [0.3, 0.4) is 0 Å². The van der Waals surface area contributed by atoms with E-state index in [4.69, 9.17) is 10.3 Å². The summed E-state index contributed by atoms with van der Waals surface area (Å²) in [6.45, 7) is 1.67. The van der Waals surface area contributed by atoms with Crippen molar-refractivity contribution in [3.05, 3.63) is 11.7 Å². The molecular weight excluding hydrogens is 216 g/mol. The van der Waals surface area contributed by atoms with Crippen molar-refractivity contribution in [2.75, 3.05) is 27.2 Å². The average Bonchev–Trinajstić information content (AvgIpc) is 2.68. The third-order valence-electron chi connectivity index (χ3n) is 3.67. The molecule has 5 heteroatoms. The topological polar surface area (TPSA) is 68.2 Å². The van der Waals surface area contributed by atoms with Gasteiger partial charge in [0.2, 0.25) is 5.89 Å². The van der Waals surface area contributed by atoms with Crippen LogP contribution in [0, 0.1) is 5.41 Å². The van der Waals surface area contributed by atoms with Gasteiger partial charge in [0.15, 0.2) is 5.82 Å². The van der Waals surface area contributed by atoms with Gasteiger partial charge in [-0.3, -0.25) is 0 Å². The average molecular weight is 238 g/mol. The monoisotopic (exact) mass is 238 g/mol. The van der Waals surface area contributed by atoms with Crippen molar-refractivity contribution in [3.63, 3.8) is 0 Å². The molecule has 1 aliphatic rings. The van der Waals surface area contributed by atoms with Crippen molar-refractivity contribution in [2.24, 2.45) is 11.1 Å². The number of hydrogen-bond acceptors (Lipinski definition) is 5. The lowest BCUT2D eigenvalue weighted by molar-refractivity contribution is 0.129. The van der Waals surface area contributed by atoms with Gasteiger partial charge in [-0.1, -0.05) is 11.6 Å². The summed E-state index contributed by atoms with van der Waals surface area (Å²) in [4.78, 5) is 6.55. The van der Waals surface area contributed by atoms with Gasteiger partial charge >= 0.3 is 0 Å². The lowest BCUT2D eigenvalue weighted by Gasteiger charge is -2.39. The van der Waals surface area contributed by atoms with Crippen LogP contribution in [-0.4, -0.2) is 42.2 Å². The van der Waals surface area contributed by atoms with Crippen LogP contribution in [0.5, 0.6) is 0 Å². The number of rotatable bonds is 6. The molecule has 0 spiro atoms. The van der Waals surface area contributed by atoms with E-state index in [2.05, 4.69) is 15.0 Å². The molecule has 1 fully saturated rings. The maximum absolute atomic E-state index is 5.83. The Morgan fingerprint density at radius 1 is 1.41 bits per heavy atom. The minimum Gasteiger partial charge on any atom is -0.339 e. The van der Waals surface area contributed by atoms with E-state index in [1.54, 1.807) is 0 Å². The fourth-order valence-corrected chi connectivity index (χ4v) is 2.24. The van der Waals surface area contributed by atoms with Crippen LogP contribution in [0.15, 0.2) is 4.52 Å². The molecule has 0 unspecified atom stereocenters. The van der Waals surface area contributed by atoms with Crippen molar-refractivity contribution in [3.8, 4) is 0 Å². The highest BCUT2D eigenvalue weighted by molar-refractivity contribution is 4.98. The molecule has 0 aromatic carbocycles. The minimum atomic E-state index is 0.241. The summed E-state index contributed by atoms with van der Waals surface area (Å²) in [5.74, 6) is 1.56. The van der Waals surface area contributed by atoms with Gasteiger partial charge in [-0.15, -0.1) is 0 Å². The zero-order valence-electron chi connectivity index (χ0n) is 10.8. The largest absolute Gasteiger partial charge is 0.339 e. The molecular formula is C12H22N4O. The minimum absolute atomic E-state index is 0.241. The van der Waals surface area contributed by atoms with Crippen LogP contribution >= 0.6 is 0 Å². The Morgan fingerprint density at radius 2 is 2.18 bits per heavy atom. The fraction of sp³-hybridized carbons (Fsp3) is 0.833. The van der Waals surface area contributed by atoms with Gasteiger partial charge in [-0.2, -0.15) is 4.98 Å². The highest BCUT2D eigenvalue weighted by Crippen LogP contribution is 2.42. The molecule has 0 amide bonds. The van der Waals surface area contributed by atoms with Crippen molar-refractivity contribution < 1.29 is 4.52 Å². The van der Waals surface area contributed by atoms with Crippen LogP contribution in [0.2, 0.25) is 0 Å². The standard InChI is InChI=1S/C12H22N4O/c1-16(2)7-4-10-14-11(17-15-10)8-12(9-13)5-3-6-12/h3-9,13H2,1-2H3. The first kappa shape index (κ1) is 12.5. The Labute approximate surface area is 102 Å². The van der Waals surface area contributed by atoms with Crippen molar-refractivity contribution in [2.45, 2.75) is 32.1 Å².